The van der Waals surface area contributed by atoms with Gasteiger partial charge in [-0.1, -0.05) is 169 Å². The summed E-state index contributed by atoms with van der Waals surface area (Å²) in [6.07, 6.45) is 5.90. The zero-order chi connectivity index (χ0) is 46.3. The van der Waals surface area contributed by atoms with Gasteiger partial charge in [-0.15, -0.1) is 0 Å². The predicted octanol–water partition coefficient (Wildman–Crippen LogP) is 16.1. The summed E-state index contributed by atoms with van der Waals surface area (Å²) in [5.74, 6) is -0.756. The van der Waals surface area contributed by atoms with Gasteiger partial charge in [0.2, 0.25) is 11.6 Å². The molecule has 2 aliphatic rings. The first kappa shape index (κ1) is 51.1. The molecule has 0 aliphatic heterocycles. The Bertz CT molecular complexity index is 2620. The van der Waals surface area contributed by atoms with E-state index in [2.05, 4.69) is 170 Å². The Morgan fingerprint density at radius 3 is 0.984 bits per heavy atom. The second kappa shape index (κ2) is 25.1. The molecule has 10 heteroatoms. The SMILES string of the molecule is CCc1cccc(CC)c1N.CCc1cccc(CC)c1N=C1C(=Nc2c(CC)cccc2CC)c2cccc3cccc1c23.II.O=C1C(=O)c2cccc3cccc1c23.[Cl][Ni][Cl]. The Morgan fingerprint density at radius 2 is 0.688 bits per heavy atom. The number of hydrogen-bond donors (Lipinski definition) is 1. The van der Waals surface area contributed by atoms with E-state index in [-0.39, 0.29) is 11.6 Å². The van der Waals surface area contributed by atoms with E-state index >= 15 is 0 Å². The van der Waals surface area contributed by atoms with Gasteiger partial charge < -0.3 is 5.73 Å². The number of hydrogen-bond acceptors (Lipinski definition) is 5. The van der Waals surface area contributed by atoms with Crippen molar-refractivity contribution in [3.05, 3.63) is 183 Å². The number of rotatable bonds is 8. The van der Waals surface area contributed by atoms with E-state index in [0.717, 1.165) is 77.8 Å². The van der Waals surface area contributed by atoms with Gasteiger partial charge in [0.25, 0.3) is 0 Å². The van der Waals surface area contributed by atoms with E-state index in [0.29, 0.717) is 23.8 Å². The molecule has 2 N–H and O–H groups in total. The van der Waals surface area contributed by atoms with Crippen molar-refractivity contribution < 1.29 is 22.2 Å². The third kappa shape index (κ3) is 11.2. The standard InChI is InChI=1S/C32H32N2.C12H6O2.C10H15N.2ClH.I2.Ni/c1-5-21-13-9-14-22(6-2)29(21)33-31-26-19-11-17-25-18-12-20-27(28(25)26)32(31)34-30-23(7-3)15-10-16-24(30)8-4;13-11-8-5-1-3-7-4-2-6-9(10(7)8)12(11)14;1-3-8-6-5-7-9(4-2)10(8)11;;;1-2;/h9-20H,5-8H2,1-4H3;1-6H;5-7H,3-4,11H2,1-2H3;2*1H;;/q;;;;;;+2/p-2. The molecule has 0 aromatic heterocycles. The monoisotopic (exact) mass is 1160 g/mol. The van der Waals surface area contributed by atoms with E-state index in [1.807, 2.05) is 12.1 Å². The fraction of sp³-hybridized carbons (Fsp3) is 0.222. The van der Waals surface area contributed by atoms with E-state index < -0.39 is 0 Å². The molecule has 7 aromatic carbocycles. The van der Waals surface area contributed by atoms with Crippen LogP contribution in [0.25, 0.3) is 21.5 Å². The van der Waals surface area contributed by atoms with Crippen LogP contribution in [0.2, 0.25) is 0 Å². The van der Waals surface area contributed by atoms with Gasteiger partial charge in [-0.2, -0.15) is 0 Å². The third-order valence-electron chi connectivity index (χ3n) is 11.7. The van der Waals surface area contributed by atoms with Crippen LogP contribution in [0.15, 0.2) is 137 Å². The number of nitrogens with two attached hydrogens (primary N) is 1. The molecule has 0 amide bonds. The van der Waals surface area contributed by atoms with Crippen LogP contribution in [0.3, 0.4) is 0 Å². The molecule has 0 heterocycles. The van der Waals surface area contributed by atoms with Gasteiger partial charge in [-0.3, -0.25) is 9.59 Å². The van der Waals surface area contributed by atoms with Crippen LogP contribution < -0.4 is 5.73 Å². The van der Waals surface area contributed by atoms with Crippen LogP contribution >= 0.6 is 57.6 Å². The summed E-state index contributed by atoms with van der Waals surface area (Å²) in [7, 11) is 9.40. The predicted molar refractivity (Wildman–Crippen MR) is 289 cm³/mol. The molecule has 0 unspecified atom stereocenters. The Morgan fingerprint density at radius 1 is 0.438 bits per heavy atom. The first-order valence-electron chi connectivity index (χ1n) is 21.5. The molecule has 0 spiro atoms. The number of nitrogen functional groups attached to an aromatic ring is 1. The Labute approximate surface area is 416 Å². The number of carbonyl (C=O) groups excluding carboxylic acids is 2. The van der Waals surface area contributed by atoms with Crippen LogP contribution in [0.1, 0.15) is 107 Å². The van der Waals surface area contributed by atoms with Crippen molar-refractivity contribution in [3.63, 3.8) is 0 Å². The molecule has 0 atom stereocenters. The Balaban J connectivity index is 0.000000209. The summed E-state index contributed by atoms with van der Waals surface area (Å²) in [6.45, 7) is 13.1. The molecule has 334 valence electrons. The van der Waals surface area contributed by atoms with Crippen molar-refractivity contribution in [1.29, 1.82) is 0 Å². The first-order chi connectivity index (χ1) is 31.2. The number of nitrogens with zero attached hydrogens (tertiary/aromatic N) is 2. The minimum atomic E-state index is -0.378. The summed E-state index contributed by atoms with van der Waals surface area (Å²) in [5, 5.41) is 4.28. The molecular weight excluding hydrogens is 1110 g/mol. The molecule has 0 saturated heterocycles. The number of anilines is 1. The van der Waals surface area contributed by atoms with Gasteiger partial charge in [0.15, 0.2) is 0 Å². The van der Waals surface area contributed by atoms with Gasteiger partial charge in [0.1, 0.15) is 0 Å². The molecule has 64 heavy (non-hydrogen) atoms. The molecule has 7 aromatic rings. The quantitative estimate of drug-likeness (QED) is 0.0712. The summed E-state index contributed by atoms with van der Waals surface area (Å²) in [4.78, 5) is 33.9. The van der Waals surface area contributed by atoms with Crippen molar-refractivity contribution in [1.82, 2.24) is 0 Å². The van der Waals surface area contributed by atoms with Crippen molar-refractivity contribution >= 4 is 119 Å². The summed E-state index contributed by atoms with van der Waals surface area (Å²) < 4.78 is 0. The number of ketones is 2. The summed E-state index contributed by atoms with van der Waals surface area (Å²) in [6, 6.07) is 43.3. The van der Waals surface area contributed by atoms with E-state index in [1.165, 1.54) is 55.3 Å². The van der Waals surface area contributed by atoms with Gasteiger partial charge in [0, 0.05) is 75.9 Å². The number of halogens is 4. The van der Waals surface area contributed by atoms with Gasteiger partial charge in [-0.25, -0.2) is 9.98 Å². The molecule has 0 bridgehead atoms. The number of para-hydroxylation sites is 3. The van der Waals surface area contributed by atoms with Crippen molar-refractivity contribution in [3.8, 4) is 0 Å². The molecule has 0 radical (unpaired) electrons. The Kier molecular flexibility index (Phi) is 20.0. The molecule has 0 fully saturated rings. The topological polar surface area (TPSA) is 84.9 Å². The third-order valence-corrected chi connectivity index (χ3v) is 11.7. The van der Waals surface area contributed by atoms with Crippen LogP contribution in [-0.4, -0.2) is 23.0 Å². The molecule has 9 rings (SSSR count). The number of Topliss-reactive ketones (excluding diaryl/α,β-unsaturated/α-hetero) is 2. The fourth-order valence-electron chi connectivity index (χ4n) is 8.41. The van der Waals surface area contributed by atoms with E-state index in [4.69, 9.17) is 36.1 Å². The average Bonchev–Trinajstić information content (AvgIpc) is 3.77. The number of aliphatic imine (C=N–C) groups is 2. The summed E-state index contributed by atoms with van der Waals surface area (Å²) >= 11 is 4.81. The van der Waals surface area contributed by atoms with Gasteiger partial charge in [-0.05, 0) is 82.7 Å². The van der Waals surface area contributed by atoms with Gasteiger partial charge in [0.05, 0.1) is 22.8 Å². The second-order valence-electron chi connectivity index (χ2n) is 15.0. The number of aryl methyl sites for hydroxylation is 6. The first-order valence-corrected chi connectivity index (χ1v) is 30.5. The molecule has 5 nitrogen and oxygen atoms in total. The Hall–Kier alpha value is -3.93. The fourth-order valence-corrected chi connectivity index (χ4v) is 8.41. The zero-order valence-corrected chi connectivity index (χ0v) is 43.8. The van der Waals surface area contributed by atoms with Crippen molar-refractivity contribution in [2.24, 2.45) is 9.98 Å². The molecular formula is C54H53Cl2I2N3NiO2. The van der Waals surface area contributed by atoms with Gasteiger partial charge >= 0.3 is 33.0 Å². The number of benzene rings is 7. The van der Waals surface area contributed by atoms with Crippen LogP contribution in [0, 0.1) is 0 Å². The zero-order valence-electron chi connectivity index (χ0n) is 37.0. The van der Waals surface area contributed by atoms with Crippen LogP contribution in [-0.2, 0) is 51.2 Å². The average molecular weight is 1160 g/mol. The van der Waals surface area contributed by atoms with Crippen LogP contribution in [0.5, 0.6) is 0 Å². The second-order valence-corrected chi connectivity index (χ2v) is 16.6. The minimum absolute atomic E-state index is 0.378. The van der Waals surface area contributed by atoms with Crippen molar-refractivity contribution in [2.45, 2.75) is 80.1 Å². The van der Waals surface area contributed by atoms with Crippen LogP contribution in [0.4, 0.5) is 17.1 Å². The summed E-state index contributed by atoms with van der Waals surface area (Å²) in [5.41, 5.74) is 22.3. The van der Waals surface area contributed by atoms with Crippen molar-refractivity contribution in [2.75, 3.05) is 5.73 Å². The maximum absolute atomic E-state index is 11.5. The molecule has 0 saturated carbocycles. The number of carbonyl (C=O) groups is 2. The molecule has 2 aliphatic carbocycles. The van der Waals surface area contributed by atoms with E-state index in [9.17, 15) is 9.59 Å². The maximum atomic E-state index is 11.5. The normalized spacial score (nSPS) is 13.2. The van der Waals surface area contributed by atoms with E-state index in [1.54, 1.807) is 24.3 Å².